The number of hydrogen-bond acceptors (Lipinski definition) is 2. The molecule has 0 radical (unpaired) electrons. The molecule has 1 nitrogen and oxygen atoms in total. The van der Waals surface area contributed by atoms with E-state index in [0.717, 1.165) is 21.0 Å². The molecule has 0 atom stereocenters. The number of anilines is 1. The Balaban J connectivity index is 2.19. The molecule has 0 heterocycles. The fourth-order valence-electron chi connectivity index (χ4n) is 1.54. The van der Waals surface area contributed by atoms with Crippen molar-refractivity contribution in [3.05, 3.63) is 53.8 Å². The minimum absolute atomic E-state index is 0.183. The van der Waals surface area contributed by atoms with Crippen molar-refractivity contribution in [2.45, 2.75) is 16.7 Å². The van der Waals surface area contributed by atoms with Gasteiger partial charge in [-0.05, 0) is 55.0 Å². The van der Waals surface area contributed by atoms with Gasteiger partial charge in [0, 0.05) is 22.5 Å². The Morgan fingerprint density at radius 2 is 1.76 bits per heavy atom. The first-order chi connectivity index (χ1) is 8.19. The maximum Gasteiger partial charge on any atom is 0.123 e. The number of hydrogen-bond donors (Lipinski definition) is 1. The molecule has 0 aromatic heterocycles. The Labute approximate surface area is 105 Å². The highest BCUT2D eigenvalue weighted by Crippen LogP contribution is 2.31. The summed E-state index contributed by atoms with van der Waals surface area (Å²) < 4.78 is 13.0. The van der Waals surface area contributed by atoms with Crippen molar-refractivity contribution in [3.8, 4) is 0 Å². The summed E-state index contributed by atoms with van der Waals surface area (Å²) in [6.07, 6.45) is 0. The van der Waals surface area contributed by atoms with Crippen LogP contribution in [0.2, 0.25) is 0 Å². The van der Waals surface area contributed by atoms with Crippen LogP contribution in [-0.2, 0) is 0 Å². The first kappa shape index (κ1) is 12.0. The van der Waals surface area contributed by atoms with Gasteiger partial charge in [0.2, 0.25) is 0 Å². The van der Waals surface area contributed by atoms with Crippen molar-refractivity contribution in [2.24, 2.45) is 0 Å². The highest BCUT2D eigenvalue weighted by molar-refractivity contribution is 7.99. The van der Waals surface area contributed by atoms with Gasteiger partial charge in [-0.3, -0.25) is 0 Å². The molecule has 2 aromatic carbocycles. The van der Waals surface area contributed by atoms with Gasteiger partial charge in [-0.25, -0.2) is 4.39 Å². The Morgan fingerprint density at radius 3 is 2.35 bits per heavy atom. The molecule has 0 saturated carbocycles. The van der Waals surface area contributed by atoms with Crippen LogP contribution in [0.4, 0.5) is 10.1 Å². The van der Waals surface area contributed by atoms with Gasteiger partial charge in [0.15, 0.2) is 0 Å². The predicted octanol–water partition coefficient (Wildman–Crippen LogP) is 4.33. The largest absolute Gasteiger partial charge is 0.388 e. The minimum Gasteiger partial charge on any atom is -0.388 e. The lowest BCUT2D eigenvalue weighted by molar-refractivity contribution is 0.625. The fraction of sp³-hybridized carbons (Fsp3) is 0.143. The van der Waals surface area contributed by atoms with E-state index in [1.807, 2.05) is 32.2 Å². The molecular weight excluding hydrogens is 233 g/mol. The SMILES string of the molecule is CNc1ccc(Sc2ccc(F)cc2C)cc1. The highest BCUT2D eigenvalue weighted by atomic mass is 32.2. The van der Waals surface area contributed by atoms with E-state index in [1.165, 1.54) is 6.07 Å². The van der Waals surface area contributed by atoms with E-state index in [4.69, 9.17) is 0 Å². The zero-order valence-electron chi connectivity index (χ0n) is 9.83. The van der Waals surface area contributed by atoms with Crippen molar-refractivity contribution in [2.75, 3.05) is 12.4 Å². The van der Waals surface area contributed by atoms with Crippen molar-refractivity contribution >= 4 is 17.4 Å². The molecule has 0 aliphatic heterocycles. The first-order valence-electron chi connectivity index (χ1n) is 5.41. The average Bonchev–Trinajstić information content (AvgIpc) is 2.34. The number of benzene rings is 2. The van der Waals surface area contributed by atoms with Crippen LogP contribution in [0.25, 0.3) is 0 Å². The molecule has 0 bridgehead atoms. The van der Waals surface area contributed by atoms with Gasteiger partial charge in [-0.1, -0.05) is 11.8 Å². The lowest BCUT2D eigenvalue weighted by Gasteiger charge is -2.06. The van der Waals surface area contributed by atoms with Crippen LogP contribution in [0.15, 0.2) is 52.3 Å². The topological polar surface area (TPSA) is 12.0 Å². The molecule has 0 aliphatic carbocycles. The van der Waals surface area contributed by atoms with E-state index in [2.05, 4.69) is 17.4 Å². The summed E-state index contributed by atoms with van der Waals surface area (Å²) in [6.45, 7) is 1.92. The number of aryl methyl sites for hydroxylation is 1. The summed E-state index contributed by atoms with van der Waals surface area (Å²) in [4.78, 5) is 2.24. The predicted molar refractivity (Wildman–Crippen MR) is 71.2 cm³/mol. The number of rotatable bonds is 3. The summed E-state index contributed by atoms with van der Waals surface area (Å²) in [7, 11) is 1.90. The molecule has 0 amide bonds. The molecule has 17 heavy (non-hydrogen) atoms. The lowest BCUT2D eigenvalue weighted by Crippen LogP contribution is -1.86. The number of nitrogens with one attached hydrogen (secondary N) is 1. The third-order valence-corrected chi connectivity index (χ3v) is 3.69. The molecule has 2 rings (SSSR count). The van der Waals surface area contributed by atoms with Gasteiger partial charge in [0.1, 0.15) is 5.82 Å². The van der Waals surface area contributed by atoms with Crippen LogP contribution in [0.3, 0.4) is 0 Å². The van der Waals surface area contributed by atoms with Crippen LogP contribution in [-0.4, -0.2) is 7.05 Å². The normalized spacial score (nSPS) is 10.3. The molecule has 2 aromatic rings. The Hall–Kier alpha value is -1.48. The Kier molecular flexibility index (Phi) is 3.69. The quantitative estimate of drug-likeness (QED) is 0.866. The molecule has 0 saturated heterocycles. The van der Waals surface area contributed by atoms with E-state index in [-0.39, 0.29) is 5.82 Å². The second-order valence-electron chi connectivity index (χ2n) is 3.79. The van der Waals surface area contributed by atoms with Crippen LogP contribution in [0.1, 0.15) is 5.56 Å². The van der Waals surface area contributed by atoms with Crippen molar-refractivity contribution < 1.29 is 4.39 Å². The van der Waals surface area contributed by atoms with Gasteiger partial charge in [0.25, 0.3) is 0 Å². The van der Waals surface area contributed by atoms with Crippen LogP contribution in [0.5, 0.6) is 0 Å². The molecular formula is C14H14FNS. The molecule has 0 spiro atoms. The first-order valence-corrected chi connectivity index (χ1v) is 6.22. The van der Waals surface area contributed by atoms with Gasteiger partial charge < -0.3 is 5.32 Å². The zero-order valence-corrected chi connectivity index (χ0v) is 10.6. The highest BCUT2D eigenvalue weighted by Gasteiger charge is 2.02. The van der Waals surface area contributed by atoms with Gasteiger partial charge in [-0.2, -0.15) is 0 Å². The van der Waals surface area contributed by atoms with Crippen molar-refractivity contribution in [1.29, 1.82) is 0 Å². The minimum atomic E-state index is -0.183. The van der Waals surface area contributed by atoms with E-state index >= 15 is 0 Å². The van der Waals surface area contributed by atoms with Crippen molar-refractivity contribution in [1.82, 2.24) is 0 Å². The zero-order chi connectivity index (χ0) is 12.3. The monoisotopic (exact) mass is 247 g/mol. The summed E-state index contributed by atoms with van der Waals surface area (Å²) in [6, 6.07) is 13.0. The van der Waals surface area contributed by atoms with Crippen LogP contribution >= 0.6 is 11.8 Å². The number of halogens is 1. The molecule has 3 heteroatoms. The average molecular weight is 247 g/mol. The van der Waals surface area contributed by atoms with E-state index < -0.39 is 0 Å². The van der Waals surface area contributed by atoms with E-state index in [0.29, 0.717) is 0 Å². The molecule has 0 aliphatic rings. The molecule has 1 N–H and O–H groups in total. The summed E-state index contributed by atoms with van der Waals surface area (Å²) in [5.41, 5.74) is 2.05. The standard InChI is InChI=1S/C14H14FNS/c1-10-9-11(15)3-8-14(10)17-13-6-4-12(16-2)5-7-13/h3-9,16H,1-2H3. The molecule has 88 valence electrons. The summed E-state index contributed by atoms with van der Waals surface area (Å²) in [5.74, 6) is -0.183. The van der Waals surface area contributed by atoms with Gasteiger partial charge >= 0.3 is 0 Å². The van der Waals surface area contributed by atoms with Crippen molar-refractivity contribution in [3.63, 3.8) is 0 Å². The van der Waals surface area contributed by atoms with E-state index in [1.54, 1.807) is 17.8 Å². The fourth-order valence-corrected chi connectivity index (χ4v) is 2.43. The smallest absolute Gasteiger partial charge is 0.123 e. The second-order valence-corrected chi connectivity index (χ2v) is 4.90. The van der Waals surface area contributed by atoms with Crippen LogP contribution < -0.4 is 5.32 Å². The third kappa shape index (κ3) is 3.01. The van der Waals surface area contributed by atoms with Gasteiger partial charge in [-0.15, -0.1) is 0 Å². The Morgan fingerprint density at radius 1 is 1.06 bits per heavy atom. The third-order valence-electron chi connectivity index (χ3n) is 2.51. The van der Waals surface area contributed by atoms with Crippen LogP contribution in [0, 0.1) is 12.7 Å². The molecule has 0 fully saturated rings. The maximum atomic E-state index is 13.0. The van der Waals surface area contributed by atoms with Gasteiger partial charge in [0.05, 0.1) is 0 Å². The molecule has 0 unspecified atom stereocenters. The second kappa shape index (κ2) is 5.23. The lowest BCUT2D eigenvalue weighted by atomic mass is 10.2. The summed E-state index contributed by atoms with van der Waals surface area (Å²) >= 11 is 1.65. The van der Waals surface area contributed by atoms with E-state index in [9.17, 15) is 4.39 Å². The summed E-state index contributed by atoms with van der Waals surface area (Å²) in [5, 5.41) is 3.08. The Bertz CT molecular complexity index is 508. The maximum absolute atomic E-state index is 13.0.